The third-order valence-corrected chi connectivity index (χ3v) is 2.64. The Hall–Kier alpha value is -2.50. The molecule has 1 amide bonds. The van der Waals surface area contributed by atoms with Gasteiger partial charge >= 0.3 is 0 Å². The van der Waals surface area contributed by atoms with Gasteiger partial charge in [0.1, 0.15) is 5.76 Å². The van der Waals surface area contributed by atoms with Crippen molar-refractivity contribution in [3.8, 4) is 0 Å². The summed E-state index contributed by atoms with van der Waals surface area (Å²) in [5, 5.41) is 6.35. The summed E-state index contributed by atoms with van der Waals surface area (Å²) >= 11 is 0. The van der Waals surface area contributed by atoms with Crippen molar-refractivity contribution in [3.63, 3.8) is 0 Å². The fourth-order valence-electron chi connectivity index (χ4n) is 1.72. The van der Waals surface area contributed by atoms with E-state index in [-0.39, 0.29) is 5.91 Å². The molecule has 6 heteroatoms. The summed E-state index contributed by atoms with van der Waals surface area (Å²) in [4.78, 5) is 13.9. The molecular formula is C13H16N4O2. The van der Waals surface area contributed by atoms with E-state index in [0.29, 0.717) is 22.8 Å². The van der Waals surface area contributed by atoms with Crippen LogP contribution in [0.2, 0.25) is 0 Å². The summed E-state index contributed by atoms with van der Waals surface area (Å²) in [5.74, 6) is 0.751. The highest BCUT2D eigenvalue weighted by Crippen LogP contribution is 2.22. The Morgan fingerprint density at radius 2 is 2.11 bits per heavy atom. The van der Waals surface area contributed by atoms with Crippen molar-refractivity contribution in [1.82, 2.24) is 5.16 Å². The molecule has 0 aliphatic carbocycles. The number of anilines is 3. The van der Waals surface area contributed by atoms with E-state index in [1.165, 1.54) is 0 Å². The summed E-state index contributed by atoms with van der Waals surface area (Å²) in [6.45, 7) is 1.76. The van der Waals surface area contributed by atoms with Crippen LogP contribution in [0.3, 0.4) is 0 Å². The molecule has 19 heavy (non-hydrogen) atoms. The second kappa shape index (κ2) is 5.01. The SMILES string of the molecule is Cc1cc(NC(=O)c2ccc(N(C)C)c(N)c2)no1. The van der Waals surface area contributed by atoms with Crippen molar-refractivity contribution < 1.29 is 9.32 Å². The molecular weight excluding hydrogens is 244 g/mol. The first kappa shape index (κ1) is 12.9. The fraction of sp³-hybridized carbons (Fsp3) is 0.231. The number of benzene rings is 1. The molecule has 0 bridgehead atoms. The summed E-state index contributed by atoms with van der Waals surface area (Å²) in [7, 11) is 3.78. The molecule has 0 saturated heterocycles. The highest BCUT2D eigenvalue weighted by molar-refractivity contribution is 6.04. The topological polar surface area (TPSA) is 84.4 Å². The molecule has 1 aromatic carbocycles. The lowest BCUT2D eigenvalue weighted by Gasteiger charge is -2.15. The van der Waals surface area contributed by atoms with Gasteiger partial charge in [0, 0.05) is 25.7 Å². The van der Waals surface area contributed by atoms with E-state index >= 15 is 0 Å². The van der Waals surface area contributed by atoms with Gasteiger partial charge in [-0.25, -0.2) is 0 Å². The molecule has 0 atom stereocenters. The Bertz CT molecular complexity index is 604. The Morgan fingerprint density at radius 1 is 1.37 bits per heavy atom. The van der Waals surface area contributed by atoms with Gasteiger partial charge < -0.3 is 20.5 Å². The van der Waals surface area contributed by atoms with Crippen LogP contribution in [-0.2, 0) is 0 Å². The summed E-state index contributed by atoms with van der Waals surface area (Å²) in [6, 6.07) is 6.80. The fourth-order valence-corrected chi connectivity index (χ4v) is 1.72. The Labute approximate surface area is 111 Å². The molecule has 0 aliphatic rings. The van der Waals surface area contributed by atoms with Crippen LogP contribution in [0.5, 0.6) is 0 Å². The lowest BCUT2D eigenvalue weighted by Crippen LogP contribution is -2.15. The largest absolute Gasteiger partial charge is 0.397 e. The molecule has 0 saturated carbocycles. The average Bonchev–Trinajstić information content (AvgIpc) is 2.74. The molecule has 0 radical (unpaired) electrons. The molecule has 2 aromatic rings. The minimum Gasteiger partial charge on any atom is -0.397 e. The van der Waals surface area contributed by atoms with Crippen molar-refractivity contribution in [3.05, 3.63) is 35.6 Å². The highest BCUT2D eigenvalue weighted by atomic mass is 16.5. The van der Waals surface area contributed by atoms with Gasteiger partial charge in [-0.1, -0.05) is 5.16 Å². The van der Waals surface area contributed by atoms with E-state index in [9.17, 15) is 4.79 Å². The predicted molar refractivity (Wildman–Crippen MR) is 74.4 cm³/mol. The standard InChI is InChI=1S/C13H16N4O2/c1-8-6-12(16-19-8)15-13(18)9-4-5-11(17(2)3)10(14)7-9/h4-7H,14H2,1-3H3,(H,15,16,18). The third kappa shape index (κ3) is 2.85. The predicted octanol–water partition coefficient (Wildman–Crippen LogP) is 1.88. The quantitative estimate of drug-likeness (QED) is 0.823. The van der Waals surface area contributed by atoms with Gasteiger partial charge in [-0.2, -0.15) is 0 Å². The van der Waals surface area contributed by atoms with Crippen LogP contribution >= 0.6 is 0 Å². The third-order valence-electron chi connectivity index (χ3n) is 2.64. The summed E-state index contributed by atoms with van der Waals surface area (Å²) in [6.07, 6.45) is 0. The minimum atomic E-state index is -0.273. The van der Waals surface area contributed by atoms with Gasteiger partial charge in [-0.05, 0) is 25.1 Å². The summed E-state index contributed by atoms with van der Waals surface area (Å²) < 4.78 is 4.88. The van der Waals surface area contributed by atoms with Gasteiger partial charge in [0.05, 0.1) is 11.4 Å². The second-order valence-corrected chi connectivity index (χ2v) is 4.44. The van der Waals surface area contributed by atoms with E-state index in [1.807, 2.05) is 19.0 Å². The average molecular weight is 260 g/mol. The van der Waals surface area contributed by atoms with Crippen molar-refractivity contribution >= 4 is 23.1 Å². The number of carbonyl (C=O) groups excluding carboxylic acids is 1. The van der Waals surface area contributed by atoms with Crippen LogP contribution in [0.4, 0.5) is 17.2 Å². The van der Waals surface area contributed by atoms with Gasteiger partial charge in [-0.15, -0.1) is 0 Å². The highest BCUT2D eigenvalue weighted by Gasteiger charge is 2.11. The number of hydrogen-bond acceptors (Lipinski definition) is 5. The maximum Gasteiger partial charge on any atom is 0.256 e. The first-order chi connectivity index (χ1) is 8.97. The van der Waals surface area contributed by atoms with Crippen LogP contribution in [0, 0.1) is 6.92 Å². The Morgan fingerprint density at radius 3 is 2.63 bits per heavy atom. The van der Waals surface area contributed by atoms with Gasteiger partial charge in [-0.3, -0.25) is 4.79 Å². The van der Waals surface area contributed by atoms with E-state index in [4.69, 9.17) is 10.3 Å². The van der Waals surface area contributed by atoms with Crippen molar-refractivity contribution in [2.24, 2.45) is 0 Å². The lowest BCUT2D eigenvalue weighted by molar-refractivity contribution is 0.102. The molecule has 1 heterocycles. The zero-order chi connectivity index (χ0) is 14.0. The smallest absolute Gasteiger partial charge is 0.256 e. The molecule has 3 N–H and O–H groups in total. The molecule has 100 valence electrons. The minimum absolute atomic E-state index is 0.273. The number of nitrogen functional groups attached to an aromatic ring is 1. The number of hydrogen-bond donors (Lipinski definition) is 2. The first-order valence-electron chi connectivity index (χ1n) is 5.79. The maximum absolute atomic E-state index is 12.0. The Balaban J connectivity index is 2.18. The van der Waals surface area contributed by atoms with Gasteiger partial charge in [0.2, 0.25) is 0 Å². The molecule has 1 aromatic heterocycles. The molecule has 6 nitrogen and oxygen atoms in total. The van der Waals surface area contributed by atoms with Crippen molar-refractivity contribution in [1.29, 1.82) is 0 Å². The number of aromatic nitrogens is 1. The van der Waals surface area contributed by atoms with Gasteiger partial charge in [0.15, 0.2) is 5.82 Å². The second-order valence-electron chi connectivity index (χ2n) is 4.44. The number of nitrogens with one attached hydrogen (secondary N) is 1. The zero-order valence-corrected chi connectivity index (χ0v) is 11.1. The lowest BCUT2D eigenvalue weighted by atomic mass is 10.1. The molecule has 0 unspecified atom stereocenters. The van der Waals surface area contributed by atoms with E-state index in [2.05, 4.69) is 10.5 Å². The Kier molecular flexibility index (Phi) is 3.41. The molecule has 0 spiro atoms. The van der Waals surface area contributed by atoms with Crippen molar-refractivity contribution in [2.75, 3.05) is 30.0 Å². The maximum atomic E-state index is 12.0. The number of amides is 1. The number of carbonyl (C=O) groups is 1. The zero-order valence-electron chi connectivity index (χ0n) is 11.1. The number of nitrogens with two attached hydrogens (primary N) is 1. The van der Waals surface area contributed by atoms with Crippen molar-refractivity contribution in [2.45, 2.75) is 6.92 Å². The van der Waals surface area contributed by atoms with Crippen LogP contribution in [0.15, 0.2) is 28.8 Å². The molecule has 0 fully saturated rings. The van der Waals surface area contributed by atoms with Crippen LogP contribution in [0.25, 0.3) is 0 Å². The summed E-state index contributed by atoms with van der Waals surface area (Å²) in [5.41, 5.74) is 7.80. The number of rotatable bonds is 3. The van der Waals surface area contributed by atoms with Gasteiger partial charge in [0.25, 0.3) is 5.91 Å². The number of nitrogens with zero attached hydrogens (tertiary/aromatic N) is 2. The van der Waals surface area contributed by atoms with E-state index in [1.54, 1.807) is 31.2 Å². The molecule has 0 aliphatic heterocycles. The first-order valence-corrected chi connectivity index (χ1v) is 5.79. The van der Waals surface area contributed by atoms with E-state index in [0.717, 1.165) is 5.69 Å². The van der Waals surface area contributed by atoms with Crippen LogP contribution in [-0.4, -0.2) is 25.2 Å². The van der Waals surface area contributed by atoms with Crippen LogP contribution in [0.1, 0.15) is 16.1 Å². The normalized spacial score (nSPS) is 10.3. The monoisotopic (exact) mass is 260 g/mol. The van der Waals surface area contributed by atoms with E-state index < -0.39 is 0 Å². The molecule has 2 rings (SSSR count). The number of aryl methyl sites for hydroxylation is 1. The van der Waals surface area contributed by atoms with Crippen LogP contribution < -0.4 is 16.0 Å².